The molecule has 2 saturated heterocycles. The lowest BCUT2D eigenvalue weighted by Gasteiger charge is -2.21. The van der Waals surface area contributed by atoms with Gasteiger partial charge in [-0.15, -0.1) is 0 Å². The van der Waals surface area contributed by atoms with Crippen LogP contribution in [0.2, 0.25) is 0 Å². The third kappa shape index (κ3) is 2.83. The van der Waals surface area contributed by atoms with E-state index in [9.17, 15) is 14.9 Å². The molecule has 0 aromatic heterocycles. The van der Waals surface area contributed by atoms with Crippen molar-refractivity contribution >= 4 is 11.6 Å². The lowest BCUT2D eigenvalue weighted by molar-refractivity contribution is -0.385. The van der Waals surface area contributed by atoms with Crippen LogP contribution in [0.1, 0.15) is 28.8 Å². The Bertz CT molecular complexity index is 588. The minimum Gasteiger partial charge on any atom is -0.339 e. The molecule has 118 valence electrons. The molecule has 2 aliphatic rings. The Hall–Kier alpha value is -1.95. The molecule has 0 aliphatic carbocycles. The summed E-state index contributed by atoms with van der Waals surface area (Å²) >= 11 is 0. The summed E-state index contributed by atoms with van der Waals surface area (Å²) < 4.78 is 0. The molecule has 6 heteroatoms. The first-order chi connectivity index (χ1) is 10.6. The second-order valence-corrected chi connectivity index (χ2v) is 6.31. The number of rotatable bonds is 2. The van der Waals surface area contributed by atoms with Crippen molar-refractivity contribution in [3.8, 4) is 0 Å². The van der Waals surface area contributed by atoms with Crippen molar-refractivity contribution in [2.75, 3.05) is 26.2 Å². The van der Waals surface area contributed by atoms with Gasteiger partial charge in [0.2, 0.25) is 0 Å². The molecule has 1 N–H and O–H groups in total. The predicted molar refractivity (Wildman–Crippen MR) is 82.8 cm³/mol. The highest BCUT2D eigenvalue weighted by Gasteiger charge is 2.32. The van der Waals surface area contributed by atoms with E-state index < -0.39 is 4.92 Å². The van der Waals surface area contributed by atoms with Crippen LogP contribution >= 0.6 is 0 Å². The van der Waals surface area contributed by atoms with E-state index in [0.717, 1.165) is 39.0 Å². The number of nitrogens with one attached hydrogen (secondary N) is 1. The highest BCUT2D eigenvalue weighted by molar-refractivity contribution is 5.95. The molecule has 0 unspecified atom stereocenters. The fourth-order valence-electron chi connectivity index (χ4n) is 3.54. The maximum Gasteiger partial charge on any atom is 0.273 e. The van der Waals surface area contributed by atoms with Gasteiger partial charge in [-0.1, -0.05) is 6.07 Å². The number of nitrogens with zero attached hydrogens (tertiary/aromatic N) is 2. The minimum atomic E-state index is -0.426. The Morgan fingerprint density at radius 1 is 1.27 bits per heavy atom. The molecule has 0 bridgehead atoms. The molecule has 0 saturated carbocycles. The number of carbonyl (C=O) groups is 1. The summed E-state index contributed by atoms with van der Waals surface area (Å²) in [6.07, 6.45) is 2.02. The van der Waals surface area contributed by atoms with Crippen LogP contribution in [0.25, 0.3) is 0 Å². The fraction of sp³-hybridized carbons (Fsp3) is 0.562. The molecule has 2 atom stereocenters. The number of amides is 1. The summed E-state index contributed by atoms with van der Waals surface area (Å²) in [6.45, 7) is 5.25. The Labute approximate surface area is 129 Å². The monoisotopic (exact) mass is 303 g/mol. The summed E-state index contributed by atoms with van der Waals surface area (Å²) in [4.78, 5) is 25.1. The second kappa shape index (κ2) is 6.04. The molecule has 2 fully saturated rings. The molecule has 2 aliphatic heterocycles. The molecule has 1 aromatic carbocycles. The Morgan fingerprint density at radius 2 is 1.91 bits per heavy atom. The zero-order valence-electron chi connectivity index (χ0n) is 12.7. The number of aryl methyl sites for hydroxylation is 1. The van der Waals surface area contributed by atoms with Crippen molar-refractivity contribution in [1.82, 2.24) is 10.2 Å². The Kier molecular flexibility index (Phi) is 4.11. The first-order valence-electron chi connectivity index (χ1n) is 7.81. The quantitative estimate of drug-likeness (QED) is 0.669. The highest BCUT2D eigenvalue weighted by Crippen LogP contribution is 2.28. The normalized spacial score (nSPS) is 24.7. The van der Waals surface area contributed by atoms with Crippen LogP contribution in [0.15, 0.2) is 18.2 Å². The van der Waals surface area contributed by atoms with Crippen LogP contribution < -0.4 is 5.32 Å². The van der Waals surface area contributed by atoms with Crippen LogP contribution in [0.5, 0.6) is 0 Å². The van der Waals surface area contributed by atoms with Gasteiger partial charge < -0.3 is 10.2 Å². The summed E-state index contributed by atoms with van der Waals surface area (Å²) in [5, 5.41) is 14.4. The molecule has 2 heterocycles. The van der Waals surface area contributed by atoms with E-state index in [1.807, 2.05) is 4.90 Å². The fourth-order valence-corrected chi connectivity index (χ4v) is 3.54. The largest absolute Gasteiger partial charge is 0.339 e. The van der Waals surface area contributed by atoms with E-state index in [2.05, 4.69) is 5.32 Å². The van der Waals surface area contributed by atoms with Crippen molar-refractivity contribution in [2.45, 2.75) is 19.8 Å². The van der Waals surface area contributed by atoms with Gasteiger partial charge in [-0.05, 0) is 50.8 Å². The average Bonchev–Trinajstić information content (AvgIpc) is 2.85. The Morgan fingerprint density at radius 3 is 2.50 bits per heavy atom. The molecule has 22 heavy (non-hydrogen) atoms. The molecule has 6 nitrogen and oxygen atoms in total. The van der Waals surface area contributed by atoms with E-state index in [-0.39, 0.29) is 11.6 Å². The van der Waals surface area contributed by atoms with Gasteiger partial charge in [0.15, 0.2) is 0 Å². The van der Waals surface area contributed by atoms with Crippen molar-refractivity contribution in [2.24, 2.45) is 11.8 Å². The number of nitro benzene ring substituents is 1. The van der Waals surface area contributed by atoms with Gasteiger partial charge in [0.05, 0.1) is 4.92 Å². The van der Waals surface area contributed by atoms with E-state index in [4.69, 9.17) is 0 Å². The maximum atomic E-state index is 12.6. The van der Waals surface area contributed by atoms with Gasteiger partial charge in [-0.3, -0.25) is 14.9 Å². The first-order valence-corrected chi connectivity index (χ1v) is 7.81. The van der Waals surface area contributed by atoms with E-state index in [1.165, 1.54) is 6.07 Å². The van der Waals surface area contributed by atoms with Gasteiger partial charge in [0.25, 0.3) is 11.6 Å². The number of carbonyl (C=O) groups excluding carboxylic acids is 1. The number of likely N-dealkylation sites (tertiary alicyclic amines) is 1. The number of nitro groups is 1. The van der Waals surface area contributed by atoms with Gasteiger partial charge in [-0.25, -0.2) is 0 Å². The summed E-state index contributed by atoms with van der Waals surface area (Å²) in [5.74, 6) is 1.23. The number of hydrogen-bond acceptors (Lipinski definition) is 4. The number of hydrogen-bond donors (Lipinski definition) is 1. The number of benzene rings is 1. The third-order valence-corrected chi connectivity index (χ3v) is 4.96. The van der Waals surface area contributed by atoms with Crippen molar-refractivity contribution in [3.63, 3.8) is 0 Å². The Balaban J connectivity index is 1.76. The maximum absolute atomic E-state index is 12.6. The topological polar surface area (TPSA) is 75.5 Å². The predicted octanol–water partition coefficient (Wildman–Crippen LogP) is 1.97. The van der Waals surface area contributed by atoms with E-state index in [0.29, 0.717) is 23.0 Å². The molecule has 0 spiro atoms. The number of fused-ring (bicyclic) bond motifs is 1. The van der Waals surface area contributed by atoms with Crippen molar-refractivity contribution < 1.29 is 9.72 Å². The molecular formula is C16H21N3O3. The lowest BCUT2D eigenvalue weighted by atomic mass is 9.92. The van der Waals surface area contributed by atoms with Crippen molar-refractivity contribution in [1.29, 1.82) is 0 Å². The van der Waals surface area contributed by atoms with E-state index in [1.54, 1.807) is 19.1 Å². The lowest BCUT2D eigenvalue weighted by Crippen LogP contribution is -2.32. The van der Waals surface area contributed by atoms with Crippen LogP contribution in [-0.2, 0) is 0 Å². The second-order valence-electron chi connectivity index (χ2n) is 6.31. The van der Waals surface area contributed by atoms with Gasteiger partial charge in [0, 0.05) is 30.3 Å². The average molecular weight is 303 g/mol. The van der Waals surface area contributed by atoms with Crippen LogP contribution in [0, 0.1) is 28.9 Å². The first kappa shape index (κ1) is 15.0. The zero-order valence-corrected chi connectivity index (χ0v) is 12.7. The molecule has 0 radical (unpaired) electrons. The van der Waals surface area contributed by atoms with Crippen LogP contribution in [0.3, 0.4) is 0 Å². The summed E-state index contributed by atoms with van der Waals surface area (Å²) in [7, 11) is 0. The highest BCUT2D eigenvalue weighted by atomic mass is 16.6. The van der Waals surface area contributed by atoms with E-state index >= 15 is 0 Å². The molecule has 1 amide bonds. The molecule has 1 aromatic rings. The SMILES string of the molecule is Cc1ccc(C(=O)N2CC[C@@H]3CNC[C@@H]3CC2)cc1[N+](=O)[O-]. The molecule has 3 rings (SSSR count). The minimum absolute atomic E-state index is 0.0155. The third-order valence-electron chi connectivity index (χ3n) is 4.96. The molecular weight excluding hydrogens is 282 g/mol. The van der Waals surface area contributed by atoms with Gasteiger partial charge >= 0.3 is 0 Å². The summed E-state index contributed by atoms with van der Waals surface area (Å²) in [6, 6.07) is 4.75. The summed E-state index contributed by atoms with van der Waals surface area (Å²) in [5.41, 5.74) is 1.02. The van der Waals surface area contributed by atoms with Crippen LogP contribution in [0.4, 0.5) is 5.69 Å². The van der Waals surface area contributed by atoms with Crippen LogP contribution in [-0.4, -0.2) is 41.9 Å². The van der Waals surface area contributed by atoms with Gasteiger partial charge in [0.1, 0.15) is 0 Å². The van der Waals surface area contributed by atoms with Crippen molar-refractivity contribution in [3.05, 3.63) is 39.4 Å². The zero-order chi connectivity index (χ0) is 15.7. The standard InChI is InChI=1S/C16H21N3O3/c1-11-2-3-12(8-15(11)19(21)22)16(20)18-6-4-13-9-17-10-14(13)5-7-18/h2-3,8,13-14,17H,4-7,9-10H2,1H3/t13-,14+. The van der Waals surface area contributed by atoms with Gasteiger partial charge in [-0.2, -0.15) is 0 Å². The smallest absolute Gasteiger partial charge is 0.273 e.